The normalized spacial score (nSPS) is 16.1. The largest absolute Gasteiger partial charge is 0.461 e. The monoisotopic (exact) mass is 284 g/mol. The third-order valence-corrected chi connectivity index (χ3v) is 4.20. The van der Waals surface area contributed by atoms with Gasteiger partial charge in [-0.25, -0.2) is 0 Å². The van der Waals surface area contributed by atoms with Crippen molar-refractivity contribution < 1.29 is 9.53 Å². The minimum absolute atomic E-state index is 0.000503. The van der Waals surface area contributed by atoms with E-state index in [0.29, 0.717) is 11.8 Å². The van der Waals surface area contributed by atoms with Gasteiger partial charge in [-0.2, -0.15) is 0 Å². The SMILES string of the molecule is CC(C)C(OC(=O)C(C)(CC(C)(C)C)C(C)C)C(C)C. The number of esters is 1. The number of carbonyl (C=O) groups is 1. The van der Waals surface area contributed by atoms with E-state index in [9.17, 15) is 4.79 Å². The molecule has 0 saturated heterocycles. The maximum absolute atomic E-state index is 12.8. The van der Waals surface area contributed by atoms with Crippen LogP contribution >= 0.6 is 0 Å². The van der Waals surface area contributed by atoms with Crippen LogP contribution in [-0.4, -0.2) is 12.1 Å². The van der Waals surface area contributed by atoms with Gasteiger partial charge in [0.2, 0.25) is 0 Å². The molecule has 0 spiro atoms. The summed E-state index contributed by atoms with van der Waals surface area (Å²) in [7, 11) is 0. The molecule has 0 bridgehead atoms. The van der Waals surface area contributed by atoms with Crippen molar-refractivity contribution in [3.63, 3.8) is 0 Å². The smallest absolute Gasteiger partial charge is 0.312 e. The summed E-state index contributed by atoms with van der Waals surface area (Å²) in [5.74, 6) is 0.944. The zero-order valence-electron chi connectivity index (χ0n) is 15.3. The van der Waals surface area contributed by atoms with E-state index in [2.05, 4.69) is 69.2 Å². The number of carbonyl (C=O) groups excluding carboxylic acids is 1. The summed E-state index contributed by atoms with van der Waals surface area (Å²) in [4.78, 5) is 12.8. The third kappa shape index (κ3) is 5.46. The molecule has 0 saturated carbocycles. The number of ether oxygens (including phenoxy) is 1. The van der Waals surface area contributed by atoms with Gasteiger partial charge in [-0.1, -0.05) is 62.3 Å². The molecule has 0 aliphatic rings. The minimum atomic E-state index is -0.416. The second kappa shape index (κ2) is 6.95. The van der Waals surface area contributed by atoms with Crippen LogP contribution in [-0.2, 0) is 9.53 Å². The molecule has 1 atom stereocenters. The zero-order valence-corrected chi connectivity index (χ0v) is 15.3. The fraction of sp³-hybridized carbons (Fsp3) is 0.944. The standard InChI is InChI=1S/C18H36O2/c1-12(2)15(13(3)4)20-16(19)18(10,14(5)6)11-17(7,8)9/h12-15H,11H2,1-10H3. The first-order valence-corrected chi connectivity index (χ1v) is 8.02. The van der Waals surface area contributed by atoms with Crippen molar-refractivity contribution in [2.45, 2.75) is 81.8 Å². The average molecular weight is 284 g/mol. The molecule has 0 fully saturated rings. The molecule has 0 aromatic rings. The number of hydrogen-bond acceptors (Lipinski definition) is 2. The van der Waals surface area contributed by atoms with E-state index in [1.807, 2.05) is 0 Å². The van der Waals surface area contributed by atoms with Crippen LogP contribution in [0.15, 0.2) is 0 Å². The lowest BCUT2D eigenvalue weighted by molar-refractivity contribution is -0.170. The van der Waals surface area contributed by atoms with Crippen LogP contribution < -0.4 is 0 Å². The molecule has 0 aromatic heterocycles. The quantitative estimate of drug-likeness (QED) is 0.618. The Morgan fingerprint density at radius 1 is 0.900 bits per heavy atom. The zero-order chi connectivity index (χ0) is 16.3. The summed E-state index contributed by atoms with van der Waals surface area (Å²) < 4.78 is 5.91. The van der Waals surface area contributed by atoms with Crippen molar-refractivity contribution >= 4 is 5.97 Å². The summed E-state index contributed by atoms with van der Waals surface area (Å²) >= 11 is 0. The van der Waals surface area contributed by atoms with Crippen LogP contribution in [0.25, 0.3) is 0 Å². The highest BCUT2D eigenvalue weighted by atomic mass is 16.5. The summed E-state index contributed by atoms with van der Waals surface area (Å²) in [6.07, 6.45) is 0.847. The van der Waals surface area contributed by atoms with E-state index in [0.717, 1.165) is 6.42 Å². The molecule has 0 rings (SSSR count). The van der Waals surface area contributed by atoms with Gasteiger partial charge in [0.15, 0.2) is 0 Å². The first-order valence-electron chi connectivity index (χ1n) is 8.02. The van der Waals surface area contributed by atoms with Gasteiger partial charge in [0.25, 0.3) is 0 Å². The second-order valence-electron chi connectivity index (χ2n) is 8.67. The van der Waals surface area contributed by atoms with E-state index in [-0.39, 0.29) is 23.4 Å². The summed E-state index contributed by atoms with van der Waals surface area (Å²) in [5, 5.41) is 0. The van der Waals surface area contributed by atoms with Gasteiger partial charge in [0, 0.05) is 0 Å². The van der Waals surface area contributed by atoms with Crippen LogP contribution in [0.1, 0.15) is 75.7 Å². The molecule has 1 unspecified atom stereocenters. The highest BCUT2D eigenvalue weighted by molar-refractivity contribution is 5.77. The Morgan fingerprint density at radius 3 is 1.55 bits per heavy atom. The predicted octanol–water partition coefficient (Wildman–Crippen LogP) is 5.31. The molecule has 20 heavy (non-hydrogen) atoms. The van der Waals surface area contributed by atoms with Crippen molar-refractivity contribution in [1.82, 2.24) is 0 Å². The van der Waals surface area contributed by atoms with Crippen molar-refractivity contribution in [3.8, 4) is 0 Å². The molecule has 0 N–H and O–H groups in total. The molecule has 0 amide bonds. The first kappa shape index (κ1) is 19.5. The van der Waals surface area contributed by atoms with Crippen LogP contribution in [0.3, 0.4) is 0 Å². The summed E-state index contributed by atoms with van der Waals surface area (Å²) in [5.41, 5.74) is -0.302. The van der Waals surface area contributed by atoms with Crippen LogP contribution in [0.4, 0.5) is 0 Å². The Hall–Kier alpha value is -0.530. The summed E-state index contributed by atoms with van der Waals surface area (Å²) in [6, 6.07) is 0. The van der Waals surface area contributed by atoms with E-state index in [4.69, 9.17) is 4.74 Å². The van der Waals surface area contributed by atoms with Gasteiger partial charge < -0.3 is 4.74 Å². The Morgan fingerprint density at radius 2 is 1.30 bits per heavy atom. The van der Waals surface area contributed by atoms with E-state index < -0.39 is 5.41 Å². The molecule has 2 nitrogen and oxygen atoms in total. The maximum Gasteiger partial charge on any atom is 0.312 e. The van der Waals surface area contributed by atoms with E-state index in [1.165, 1.54) is 0 Å². The molecule has 0 aliphatic carbocycles. The maximum atomic E-state index is 12.8. The minimum Gasteiger partial charge on any atom is -0.461 e. The lowest BCUT2D eigenvalue weighted by Gasteiger charge is -2.39. The van der Waals surface area contributed by atoms with Gasteiger partial charge in [0.05, 0.1) is 5.41 Å². The second-order valence-corrected chi connectivity index (χ2v) is 8.67. The Balaban J connectivity index is 5.17. The Labute approximate surface area is 126 Å². The molecular formula is C18H36O2. The van der Waals surface area contributed by atoms with Crippen LogP contribution in [0, 0.1) is 28.6 Å². The molecule has 120 valence electrons. The fourth-order valence-electron chi connectivity index (χ4n) is 2.91. The van der Waals surface area contributed by atoms with Crippen molar-refractivity contribution in [1.29, 1.82) is 0 Å². The molecule has 0 radical (unpaired) electrons. The predicted molar refractivity (Wildman–Crippen MR) is 86.6 cm³/mol. The van der Waals surface area contributed by atoms with Crippen molar-refractivity contribution in [3.05, 3.63) is 0 Å². The van der Waals surface area contributed by atoms with Gasteiger partial charge in [0.1, 0.15) is 6.10 Å². The highest BCUT2D eigenvalue weighted by Gasteiger charge is 2.42. The lowest BCUT2D eigenvalue weighted by atomic mass is 9.68. The van der Waals surface area contributed by atoms with E-state index in [1.54, 1.807) is 0 Å². The molecule has 0 aliphatic heterocycles. The average Bonchev–Trinajstić information content (AvgIpc) is 2.21. The summed E-state index contributed by atoms with van der Waals surface area (Å²) in [6.45, 7) is 21.3. The van der Waals surface area contributed by atoms with Gasteiger partial charge in [-0.15, -0.1) is 0 Å². The molecular weight excluding hydrogens is 248 g/mol. The van der Waals surface area contributed by atoms with E-state index >= 15 is 0 Å². The first-order chi connectivity index (χ1) is 8.81. The molecule has 0 aromatic carbocycles. The van der Waals surface area contributed by atoms with Gasteiger partial charge >= 0.3 is 5.97 Å². The highest BCUT2D eigenvalue weighted by Crippen LogP contribution is 2.41. The topological polar surface area (TPSA) is 26.3 Å². The van der Waals surface area contributed by atoms with Crippen molar-refractivity contribution in [2.75, 3.05) is 0 Å². The number of rotatable bonds is 6. The van der Waals surface area contributed by atoms with Gasteiger partial charge in [-0.3, -0.25) is 4.79 Å². The number of hydrogen-bond donors (Lipinski definition) is 0. The van der Waals surface area contributed by atoms with Crippen molar-refractivity contribution in [2.24, 2.45) is 28.6 Å². The van der Waals surface area contributed by atoms with Crippen LogP contribution in [0.5, 0.6) is 0 Å². The fourth-order valence-corrected chi connectivity index (χ4v) is 2.91. The third-order valence-electron chi connectivity index (χ3n) is 4.20. The lowest BCUT2D eigenvalue weighted by Crippen LogP contribution is -2.42. The van der Waals surface area contributed by atoms with Crippen LogP contribution in [0.2, 0.25) is 0 Å². The Kier molecular flexibility index (Phi) is 6.77. The molecule has 0 heterocycles. The molecule has 2 heteroatoms. The van der Waals surface area contributed by atoms with Gasteiger partial charge in [-0.05, 0) is 36.5 Å². The Bertz CT molecular complexity index is 302.